The molecule has 8 heteroatoms. The number of ether oxygens (including phenoxy) is 2. The summed E-state index contributed by atoms with van der Waals surface area (Å²) in [5, 5.41) is 9.51. The van der Waals surface area contributed by atoms with E-state index in [9.17, 15) is 19.5 Å². The van der Waals surface area contributed by atoms with Crippen LogP contribution >= 0.6 is 15.9 Å². The summed E-state index contributed by atoms with van der Waals surface area (Å²) in [7, 11) is 0. The van der Waals surface area contributed by atoms with Crippen molar-refractivity contribution in [3.8, 4) is 0 Å². The van der Waals surface area contributed by atoms with Crippen LogP contribution in [-0.2, 0) is 14.3 Å². The van der Waals surface area contributed by atoms with Gasteiger partial charge in [0.25, 0.3) is 0 Å². The van der Waals surface area contributed by atoms with Crippen molar-refractivity contribution in [3.63, 3.8) is 0 Å². The molecule has 0 spiro atoms. The first-order chi connectivity index (χ1) is 12.0. The Kier molecular flexibility index (Phi) is 8.23. The molecule has 0 saturated carbocycles. The number of hydrogen-bond donors (Lipinski definition) is 1. The van der Waals surface area contributed by atoms with Crippen molar-refractivity contribution in [1.29, 1.82) is 0 Å². The first-order valence-corrected chi connectivity index (χ1v) is 8.87. The lowest BCUT2D eigenvalue weighted by atomic mass is 10.1. The van der Waals surface area contributed by atoms with E-state index in [1.165, 1.54) is 6.92 Å². The van der Waals surface area contributed by atoms with Crippen molar-refractivity contribution < 1.29 is 29.0 Å². The highest BCUT2D eigenvalue weighted by molar-refractivity contribution is 9.10. The molecule has 7 nitrogen and oxygen atoms in total. The maximum atomic E-state index is 12.1. The van der Waals surface area contributed by atoms with Crippen LogP contribution in [0, 0.1) is 0 Å². The van der Waals surface area contributed by atoms with E-state index in [0.29, 0.717) is 5.56 Å². The van der Waals surface area contributed by atoms with Gasteiger partial charge in [-0.1, -0.05) is 28.1 Å². The predicted molar refractivity (Wildman–Crippen MR) is 98.9 cm³/mol. The highest BCUT2D eigenvalue weighted by Crippen LogP contribution is 2.12. The van der Waals surface area contributed by atoms with Gasteiger partial charge in [0.05, 0.1) is 12.6 Å². The largest absolute Gasteiger partial charge is 0.456 e. The quantitative estimate of drug-likeness (QED) is 0.528. The molecule has 1 rings (SSSR count). The van der Waals surface area contributed by atoms with Crippen LogP contribution in [0.3, 0.4) is 0 Å². The number of carbonyl (C=O) groups is 3. The standard InChI is InChI=1S/C18H24BrNO6/c1-12(21)9-20(17(24)26-18(2,3)4)10-16(23)25-11-15(22)13-5-7-14(19)8-6-13/h5-8,12,21H,9-11H2,1-4H3/t12-/m0/s1. The Morgan fingerprint density at radius 2 is 1.77 bits per heavy atom. The molecule has 1 aromatic rings. The normalized spacial score (nSPS) is 12.2. The topological polar surface area (TPSA) is 93.1 Å². The molecular weight excluding hydrogens is 406 g/mol. The molecule has 144 valence electrons. The van der Waals surface area contributed by atoms with Crippen LogP contribution in [0.1, 0.15) is 38.1 Å². The number of Topliss-reactive ketones (excluding diaryl/α,β-unsaturated/α-hetero) is 1. The summed E-state index contributed by atoms with van der Waals surface area (Å²) < 4.78 is 11.0. The Balaban J connectivity index is 2.61. The third-order valence-corrected chi connectivity index (χ3v) is 3.52. The molecule has 0 fully saturated rings. The minimum atomic E-state index is -0.847. The Labute approximate surface area is 161 Å². The summed E-state index contributed by atoms with van der Waals surface area (Å²) in [5.41, 5.74) is -0.330. The second-order valence-electron chi connectivity index (χ2n) is 6.80. The maximum Gasteiger partial charge on any atom is 0.410 e. The lowest BCUT2D eigenvalue weighted by Gasteiger charge is -2.27. The summed E-state index contributed by atoms with van der Waals surface area (Å²) in [6.45, 7) is 5.62. The number of halogens is 1. The van der Waals surface area contributed by atoms with E-state index in [-0.39, 0.29) is 12.3 Å². The minimum Gasteiger partial charge on any atom is -0.456 e. The molecule has 1 aromatic carbocycles. The molecule has 0 saturated heterocycles. The zero-order valence-corrected chi connectivity index (χ0v) is 16.9. The molecule has 0 heterocycles. The summed E-state index contributed by atoms with van der Waals surface area (Å²) in [4.78, 5) is 37.2. The molecule has 0 aliphatic heterocycles. The van der Waals surface area contributed by atoms with E-state index < -0.39 is 36.9 Å². The van der Waals surface area contributed by atoms with Crippen molar-refractivity contribution >= 4 is 33.8 Å². The predicted octanol–water partition coefficient (Wildman–Crippen LogP) is 2.79. The number of hydrogen-bond acceptors (Lipinski definition) is 6. The molecule has 0 aliphatic rings. The Morgan fingerprint density at radius 3 is 2.27 bits per heavy atom. The number of rotatable bonds is 7. The third kappa shape index (κ3) is 8.44. The Bertz CT molecular complexity index is 636. The van der Waals surface area contributed by atoms with Crippen LogP contribution in [0.15, 0.2) is 28.7 Å². The summed E-state index contributed by atoms with van der Waals surface area (Å²) in [6, 6.07) is 6.64. The molecule has 1 amide bonds. The fraction of sp³-hybridized carbons (Fsp3) is 0.500. The molecule has 1 N–H and O–H groups in total. The lowest BCUT2D eigenvalue weighted by molar-refractivity contribution is -0.144. The number of ketones is 1. The number of benzene rings is 1. The summed E-state index contributed by atoms with van der Waals surface area (Å²) >= 11 is 3.27. The molecule has 0 bridgehead atoms. The van der Waals surface area contributed by atoms with Crippen LogP contribution in [0.5, 0.6) is 0 Å². The van der Waals surface area contributed by atoms with Crippen molar-refractivity contribution in [2.24, 2.45) is 0 Å². The fourth-order valence-electron chi connectivity index (χ4n) is 1.92. The highest BCUT2D eigenvalue weighted by Gasteiger charge is 2.25. The van der Waals surface area contributed by atoms with Crippen LogP contribution < -0.4 is 0 Å². The van der Waals surface area contributed by atoms with E-state index in [2.05, 4.69) is 15.9 Å². The average molecular weight is 430 g/mol. The van der Waals surface area contributed by atoms with Gasteiger partial charge in [0.1, 0.15) is 12.1 Å². The average Bonchev–Trinajstić information content (AvgIpc) is 2.50. The highest BCUT2D eigenvalue weighted by atomic mass is 79.9. The van der Waals surface area contributed by atoms with Gasteiger partial charge in [0.2, 0.25) is 0 Å². The SMILES string of the molecule is C[C@H](O)CN(CC(=O)OCC(=O)c1ccc(Br)cc1)C(=O)OC(C)(C)C. The van der Waals surface area contributed by atoms with Crippen LogP contribution in [0.2, 0.25) is 0 Å². The van der Waals surface area contributed by atoms with Crippen molar-refractivity contribution in [2.75, 3.05) is 19.7 Å². The second kappa shape index (κ2) is 9.68. The molecule has 0 radical (unpaired) electrons. The first-order valence-electron chi connectivity index (χ1n) is 8.08. The second-order valence-corrected chi connectivity index (χ2v) is 7.72. The van der Waals surface area contributed by atoms with Crippen LogP contribution in [-0.4, -0.2) is 59.3 Å². The smallest absolute Gasteiger partial charge is 0.410 e. The number of nitrogens with zero attached hydrogens (tertiary/aromatic N) is 1. The van der Waals surface area contributed by atoms with Gasteiger partial charge < -0.3 is 14.6 Å². The zero-order valence-electron chi connectivity index (χ0n) is 15.3. The van der Waals surface area contributed by atoms with E-state index in [0.717, 1.165) is 9.37 Å². The minimum absolute atomic E-state index is 0.0926. The van der Waals surface area contributed by atoms with E-state index >= 15 is 0 Å². The maximum absolute atomic E-state index is 12.1. The van der Waals surface area contributed by atoms with E-state index in [1.807, 2.05) is 0 Å². The van der Waals surface area contributed by atoms with Crippen molar-refractivity contribution in [3.05, 3.63) is 34.3 Å². The van der Waals surface area contributed by atoms with Crippen molar-refractivity contribution in [2.45, 2.75) is 39.4 Å². The van der Waals surface area contributed by atoms with Crippen LogP contribution in [0.4, 0.5) is 4.79 Å². The summed E-state index contributed by atoms with van der Waals surface area (Å²) in [5.74, 6) is -1.12. The van der Waals surface area contributed by atoms with Gasteiger partial charge in [-0.15, -0.1) is 0 Å². The number of amides is 1. The summed E-state index contributed by atoms with van der Waals surface area (Å²) in [6.07, 6.45) is -1.59. The van der Waals surface area contributed by atoms with Gasteiger partial charge in [-0.2, -0.15) is 0 Å². The Morgan fingerprint density at radius 1 is 1.19 bits per heavy atom. The lowest BCUT2D eigenvalue weighted by Crippen LogP contribution is -2.43. The first kappa shape index (κ1) is 22.1. The molecule has 0 aliphatic carbocycles. The van der Waals surface area contributed by atoms with Gasteiger partial charge in [0.15, 0.2) is 12.4 Å². The van der Waals surface area contributed by atoms with Gasteiger partial charge in [0, 0.05) is 10.0 Å². The molecule has 0 aromatic heterocycles. The van der Waals surface area contributed by atoms with Gasteiger partial charge >= 0.3 is 12.1 Å². The molecular formula is C18H24BrNO6. The number of aliphatic hydroxyl groups excluding tert-OH is 1. The third-order valence-electron chi connectivity index (χ3n) is 2.99. The molecule has 26 heavy (non-hydrogen) atoms. The molecule has 0 unspecified atom stereocenters. The number of carbonyl (C=O) groups excluding carboxylic acids is 3. The van der Waals surface area contributed by atoms with Gasteiger partial charge in [-0.3, -0.25) is 14.5 Å². The molecule has 1 atom stereocenters. The van der Waals surface area contributed by atoms with E-state index in [4.69, 9.17) is 9.47 Å². The van der Waals surface area contributed by atoms with Crippen molar-refractivity contribution in [1.82, 2.24) is 4.90 Å². The monoisotopic (exact) mass is 429 g/mol. The Hall–Kier alpha value is -1.93. The van der Waals surface area contributed by atoms with Gasteiger partial charge in [-0.25, -0.2) is 4.79 Å². The van der Waals surface area contributed by atoms with Crippen LogP contribution in [0.25, 0.3) is 0 Å². The fourth-order valence-corrected chi connectivity index (χ4v) is 2.18. The zero-order chi connectivity index (χ0) is 19.9. The van der Waals surface area contributed by atoms with E-state index in [1.54, 1.807) is 45.0 Å². The van der Waals surface area contributed by atoms with Gasteiger partial charge in [-0.05, 0) is 39.8 Å². The number of esters is 1. The number of aliphatic hydroxyl groups is 1.